The highest BCUT2D eigenvalue weighted by molar-refractivity contribution is 5.95. The van der Waals surface area contributed by atoms with E-state index in [1.54, 1.807) is 24.4 Å². The number of rotatable bonds is 2. The van der Waals surface area contributed by atoms with Gasteiger partial charge in [0.1, 0.15) is 5.75 Å². The van der Waals surface area contributed by atoms with Gasteiger partial charge in [0.2, 0.25) is 0 Å². The molecule has 2 heterocycles. The van der Waals surface area contributed by atoms with Gasteiger partial charge in [0.15, 0.2) is 0 Å². The van der Waals surface area contributed by atoms with Crippen LogP contribution in [0.3, 0.4) is 0 Å². The number of aromatic nitrogens is 2. The van der Waals surface area contributed by atoms with Gasteiger partial charge in [-0.15, -0.1) is 0 Å². The van der Waals surface area contributed by atoms with Gasteiger partial charge in [-0.1, -0.05) is 0 Å². The number of H-pyrrole nitrogens is 1. The van der Waals surface area contributed by atoms with Crippen LogP contribution in [0.4, 0.5) is 0 Å². The number of hydrogen-bond acceptors (Lipinski definition) is 3. The first-order valence-electron chi connectivity index (χ1n) is 5.93. The van der Waals surface area contributed by atoms with E-state index in [1.807, 2.05) is 25.3 Å². The second kappa shape index (κ2) is 4.57. The fourth-order valence-electron chi connectivity index (χ4n) is 1.93. The third kappa shape index (κ3) is 2.33. The summed E-state index contributed by atoms with van der Waals surface area (Å²) in [7, 11) is 0. The molecule has 2 aromatic heterocycles. The highest BCUT2D eigenvalue weighted by Gasteiger charge is 2.09. The molecule has 4 heteroatoms. The van der Waals surface area contributed by atoms with Crippen LogP contribution in [0.25, 0.3) is 10.9 Å². The van der Waals surface area contributed by atoms with E-state index in [-0.39, 0.29) is 5.97 Å². The predicted octanol–water partition coefficient (Wildman–Crippen LogP) is 3.09. The average molecular weight is 252 g/mol. The molecule has 0 fully saturated rings. The first kappa shape index (κ1) is 11.5. The summed E-state index contributed by atoms with van der Waals surface area (Å²) in [6, 6.07) is 9.10. The zero-order valence-corrected chi connectivity index (χ0v) is 10.4. The number of aromatic amines is 1. The molecule has 0 aliphatic carbocycles. The highest BCUT2D eigenvalue weighted by Crippen LogP contribution is 2.17. The van der Waals surface area contributed by atoms with Crippen molar-refractivity contribution in [2.75, 3.05) is 0 Å². The minimum Gasteiger partial charge on any atom is -0.421 e. The van der Waals surface area contributed by atoms with Crippen LogP contribution in [0, 0.1) is 6.92 Å². The molecule has 19 heavy (non-hydrogen) atoms. The van der Waals surface area contributed by atoms with E-state index in [9.17, 15) is 4.79 Å². The molecule has 94 valence electrons. The summed E-state index contributed by atoms with van der Waals surface area (Å²) >= 11 is 0. The Hall–Kier alpha value is -2.62. The van der Waals surface area contributed by atoms with Crippen LogP contribution in [0.15, 0.2) is 48.9 Å². The summed E-state index contributed by atoms with van der Waals surface area (Å²) < 4.78 is 5.30. The molecule has 3 aromatic rings. The van der Waals surface area contributed by atoms with Crippen molar-refractivity contribution in [1.29, 1.82) is 0 Å². The van der Waals surface area contributed by atoms with Crippen molar-refractivity contribution in [3.8, 4) is 5.75 Å². The van der Waals surface area contributed by atoms with Gasteiger partial charge in [0, 0.05) is 23.3 Å². The SMILES string of the molecule is Cc1cncc(OC(=O)c2ccc3[nH]ccc3c2)c1. The Bertz CT molecular complexity index is 746. The topological polar surface area (TPSA) is 55.0 Å². The first-order chi connectivity index (χ1) is 9.22. The Morgan fingerprint density at radius 3 is 2.95 bits per heavy atom. The third-order valence-electron chi connectivity index (χ3n) is 2.85. The number of pyridine rings is 1. The number of ether oxygens (including phenoxy) is 1. The van der Waals surface area contributed by atoms with E-state index in [0.29, 0.717) is 11.3 Å². The van der Waals surface area contributed by atoms with Crippen LogP contribution in [0.2, 0.25) is 0 Å². The quantitative estimate of drug-likeness (QED) is 0.713. The summed E-state index contributed by atoms with van der Waals surface area (Å²) in [4.78, 5) is 19.1. The minimum absolute atomic E-state index is 0.379. The van der Waals surface area contributed by atoms with Gasteiger partial charge in [0.05, 0.1) is 11.8 Å². The Morgan fingerprint density at radius 1 is 1.21 bits per heavy atom. The lowest BCUT2D eigenvalue weighted by molar-refractivity contribution is 0.0734. The second-order valence-electron chi connectivity index (χ2n) is 4.37. The maximum absolute atomic E-state index is 12.0. The summed E-state index contributed by atoms with van der Waals surface area (Å²) in [5.74, 6) is 0.0784. The third-order valence-corrected chi connectivity index (χ3v) is 2.85. The van der Waals surface area contributed by atoms with Crippen LogP contribution < -0.4 is 4.74 Å². The van der Waals surface area contributed by atoms with Crippen molar-refractivity contribution < 1.29 is 9.53 Å². The lowest BCUT2D eigenvalue weighted by Gasteiger charge is -2.04. The average Bonchev–Trinajstić information content (AvgIpc) is 2.85. The second-order valence-corrected chi connectivity index (χ2v) is 4.37. The predicted molar refractivity (Wildman–Crippen MR) is 72.2 cm³/mol. The Kier molecular flexibility index (Phi) is 2.76. The molecular formula is C15H12N2O2. The molecule has 0 aliphatic rings. The van der Waals surface area contributed by atoms with Gasteiger partial charge >= 0.3 is 5.97 Å². The fourth-order valence-corrected chi connectivity index (χ4v) is 1.93. The summed E-state index contributed by atoms with van der Waals surface area (Å²) in [6.07, 6.45) is 5.08. The molecule has 0 bridgehead atoms. The van der Waals surface area contributed by atoms with E-state index in [1.165, 1.54) is 6.20 Å². The Morgan fingerprint density at radius 2 is 2.11 bits per heavy atom. The zero-order valence-electron chi connectivity index (χ0n) is 10.4. The van der Waals surface area contributed by atoms with E-state index in [2.05, 4.69) is 9.97 Å². The lowest BCUT2D eigenvalue weighted by Crippen LogP contribution is -2.08. The summed E-state index contributed by atoms with van der Waals surface area (Å²) in [6.45, 7) is 1.90. The molecule has 0 amide bonds. The van der Waals surface area contributed by atoms with Crippen molar-refractivity contribution in [3.63, 3.8) is 0 Å². The number of benzene rings is 1. The molecule has 1 aromatic carbocycles. The van der Waals surface area contributed by atoms with Crippen molar-refractivity contribution in [3.05, 3.63) is 60.0 Å². The number of aryl methyl sites for hydroxylation is 1. The smallest absolute Gasteiger partial charge is 0.343 e. The van der Waals surface area contributed by atoms with Gasteiger partial charge in [-0.25, -0.2) is 4.79 Å². The number of carbonyl (C=O) groups is 1. The molecule has 0 radical (unpaired) electrons. The largest absolute Gasteiger partial charge is 0.421 e. The number of nitrogens with zero attached hydrogens (tertiary/aromatic N) is 1. The van der Waals surface area contributed by atoms with Gasteiger partial charge in [-0.2, -0.15) is 0 Å². The van der Waals surface area contributed by atoms with Crippen LogP contribution in [-0.2, 0) is 0 Å². The number of carbonyl (C=O) groups excluding carboxylic acids is 1. The molecule has 4 nitrogen and oxygen atoms in total. The van der Waals surface area contributed by atoms with Crippen LogP contribution in [-0.4, -0.2) is 15.9 Å². The molecule has 0 unspecified atom stereocenters. The monoisotopic (exact) mass is 252 g/mol. The number of esters is 1. The number of fused-ring (bicyclic) bond motifs is 1. The summed E-state index contributed by atoms with van der Waals surface area (Å²) in [5.41, 5.74) is 2.47. The highest BCUT2D eigenvalue weighted by atomic mass is 16.5. The zero-order chi connectivity index (χ0) is 13.2. The Labute approximate surface area is 110 Å². The van der Waals surface area contributed by atoms with Gasteiger partial charge in [0.25, 0.3) is 0 Å². The van der Waals surface area contributed by atoms with Crippen molar-refractivity contribution >= 4 is 16.9 Å². The van der Waals surface area contributed by atoms with E-state index in [4.69, 9.17) is 4.74 Å². The summed E-state index contributed by atoms with van der Waals surface area (Å²) in [5, 5.41) is 0.983. The number of hydrogen-bond donors (Lipinski definition) is 1. The van der Waals surface area contributed by atoms with Crippen LogP contribution >= 0.6 is 0 Å². The molecule has 0 saturated heterocycles. The molecule has 0 spiro atoms. The van der Waals surface area contributed by atoms with E-state index in [0.717, 1.165) is 16.5 Å². The van der Waals surface area contributed by atoms with Crippen molar-refractivity contribution in [2.24, 2.45) is 0 Å². The maximum atomic E-state index is 12.0. The van der Waals surface area contributed by atoms with Crippen molar-refractivity contribution in [1.82, 2.24) is 9.97 Å². The van der Waals surface area contributed by atoms with Gasteiger partial charge < -0.3 is 9.72 Å². The van der Waals surface area contributed by atoms with E-state index < -0.39 is 0 Å². The van der Waals surface area contributed by atoms with Crippen molar-refractivity contribution in [2.45, 2.75) is 6.92 Å². The fraction of sp³-hybridized carbons (Fsp3) is 0.0667. The molecule has 0 saturated carbocycles. The lowest BCUT2D eigenvalue weighted by atomic mass is 10.1. The normalized spacial score (nSPS) is 10.6. The van der Waals surface area contributed by atoms with Crippen LogP contribution in [0.5, 0.6) is 5.75 Å². The standard InChI is InChI=1S/C15H12N2O2/c1-10-6-13(9-16-8-10)19-15(18)12-2-3-14-11(7-12)4-5-17-14/h2-9,17H,1H3. The van der Waals surface area contributed by atoms with Gasteiger partial charge in [-0.05, 0) is 42.8 Å². The first-order valence-corrected chi connectivity index (χ1v) is 5.93. The Balaban J connectivity index is 1.87. The minimum atomic E-state index is -0.379. The van der Waals surface area contributed by atoms with Gasteiger partial charge in [-0.3, -0.25) is 4.98 Å². The van der Waals surface area contributed by atoms with Crippen LogP contribution in [0.1, 0.15) is 15.9 Å². The van der Waals surface area contributed by atoms with E-state index >= 15 is 0 Å². The number of nitrogens with one attached hydrogen (secondary N) is 1. The molecule has 1 N–H and O–H groups in total. The maximum Gasteiger partial charge on any atom is 0.343 e. The molecule has 0 atom stereocenters. The molecule has 0 aliphatic heterocycles. The molecule has 3 rings (SSSR count). The molecular weight excluding hydrogens is 240 g/mol.